The van der Waals surface area contributed by atoms with Crippen LogP contribution in [0.3, 0.4) is 0 Å². The van der Waals surface area contributed by atoms with Crippen molar-refractivity contribution in [1.29, 1.82) is 0 Å². The third-order valence-electron chi connectivity index (χ3n) is 2.81. The summed E-state index contributed by atoms with van der Waals surface area (Å²) in [6, 6.07) is 0.209. The smallest absolute Gasteiger partial charge is 0.0857 e. The van der Waals surface area contributed by atoms with Gasteiger partial charge in [-0.2, -0.15) is 0 Å². The molecule has 0 aliphatic carbocycles. The van der Waals surface area contributed by atoms with Crippen LogP contribution in [0.5, 0.6) is 0 Å². The van der Waals surface area contributed by atoms with E-state index in [0.717, 1.165) is 31.7 Å². The molecule has 1 N–H and O–H groups in total. The Hall–Kier alpha value is -0.520. The maximum absolute atomic E-state index is 5.72. The van der Waals surface area contributed by atoms with Gasteiger partial charge in [0.2, 0.25) is 0 Å². The minimum Gasteiger partial charge on any atom is -0.379 e. The zero-order chi connectivity index (χ0) is 14.3. The molecule has 0 radical (unpaired) electrons. The Labute approximate surface area is 121 Å². The molecule has 0 aliphatic rings. The van der Waals surface area contributed by atoms with Crippen LogP contribution in [0.2, 0.25) is 0 Å². The number of ether oxygens (including phenoxy) is 1. The van der Waals surface area contributed by atoms with Gasteiger partial charge in [0.1, 0.15) is 0 Å². The highest BCUT2D eigenvalue weighted by molar-refractivity contribution is 7.05. The van der Waals surface area contributed by atoms with E-state index in [2.05, 4.69) is 49.5 Å². The van der Waals surface area contributed by atoms with Crippen LogP contribution in [-0.2, 0) is 10.2 Å². The summed E-state index contributed by atoms with van der Waals surface area (Å²) in [5.41, 5.74) is 1.12. The number of hydrogen-bond donors (Lipinski definition) is 1. The van der Waals surface area contributed by atoms with Gasteiger partial charge in [-0.1, -0.05) is 39.1 Å². The largest absolute Gasteiger partial charge is 0.379 e. The molecule has 1 heterocycles. The number of hydrogen-bond acceptors (Lipinski definition) is 5. The molecule has 0 amide bonds. The van der Waals surface area contributed by atoms with Crippen molar-refractivity contribution in [2.45, 2.75) is 58.9 Å². The van der Waals surface area contributed by atoms with Crippen LogP contribution >= 0.6 is 11.5 Å². The lowest BCUT2D eigenvalue weighted by molar-refractivity contribution is 0.112. The number of aromatic nitrogens is 2. The summed E-state index contributed by atoms with van der Waals surface area (Å²) in [4.78, 5) is 1.22. The Bertz CT molecular complexity index is 360. The van der Waals surface area contributed by atoms with Crippen LogP contribution in [0.4, 0.5) is 0 Å². The lowest BCUT2D eigenvalue weighted by Crippen LogP contribution is -2.28. The lowest BCUT2D eigenvalue weighted by Gasteiger charge is -2.22. The predicted octanol–water partition coefficient (Wildman–Crippen LogP) is 3.30. The molecule has 1 atom stereocenters. The monoisotopic (exact) mass is 285 g/mol. The first-order chi connectivity index (χ1) is 9.00. The fourth-order valence-corrected chi connectivity index (χ4v) is 2.76. The van der Waals surface area contributed by atoms with Gasteiger partial charge in [0.25, 0.3) is 0 Å². The maximum Gasteiger partial charge on any atom is 0.0857 e. The van der Waals surface area contributed by atoms with Gasteiger partial charge in [0.05, 0.1) is 23.2 Å². The minimum atomic E-state index is 0.0270. The Balaban J connectivity index is 2.81. The number of nitrogens with one attached hydrogen (secondary N) is 1. The lowest BCUT2D eigenvalue weighted by atomic mass is 9.90. The number of nitrogens with zero attached hydrogens (tertiary/aromatic N) is 2. The van der Waals surface area contributed by atoms with Crippen LogP contribution in [0, 0.1) is 0 Å². The molecule has 1 aromatic rings. The van der Waals surface area contributed by atoms with E-state index in [1.807, 2.05) is 0 Å². The van der Waals surface area contributed by atoms with Crippen molar-refractivity contribution in [2.75, 3.05) is 19.8 Å². The molecule has 0 saturated heterocycles. The van der Waals surface area contributed by atoms with Crippen LogP contribution < -0.4 is 5.32 Å². The van der Waals surface area contributed by atoms with Crippen LogP contribution in [0.15, 0.2) is 0 Å². The average Bonchev–Trinajstić information content (AvgIpc) is 2.82. The summed E-state index contributed by atoms with van der Waals surface area (Å²) in [7, 11) is 0. The topological polar surface area (TPSA) is 47.0 Å². The quantitative estimate of drug-likeness (QED) is 0.744. The summed E-state index contributed by atoms with van der Waals surface area (Å²) < 4.78 is 9.86. The SMILES string of the molecule is CCCNC(COCCC)c1snnc1C(C)(C)C. The van der Waals surface area contributed by atoms with Crippen molar-refractivity contribution in [3.8, 4) is 0 Å². The highest BCUT2D eigenvalue weighted by Crippen LogP contribution is 2.30. The third kappa shape index (κ3) is 5.16. The summed E-state index contributed by atoms with van der Waals surface area (Å²) >= 11 is 1.49. The van der Waals surface area contributed by atoms with Crippen molar-refractivity contribution >= 4 is 11.5 Å². The van der Waals surface area contributed by atoms with E-state index >= 15 is 0 Å². The highest BCUT2D eigenvalue weighted by atomic mass is 32.1. The van der Waals surface area contributed by atoms with E-state index in [0.29, 0.717) is 6.61 Å². The van der Waals surface area contributed by atoms with Gasteiger partial charge in [0.15, 0.2) is 0 Å². The highest BCUT2D eigenvalue weighted by Gasteiger charge is 2.27. The van der Waals surface area contributed by atoms with Crippen molar-refractivity contribution in [3.63, 3.8) is 0 Å². The molecular weight excluding hydrogens is 258 g/mol. The summed E-state index contributed by atoms with van der Waals surface area (Å²) in [6.45, 7) is 13.3. The molecule has 0 aliphatic heterocycles. The zero-order valence-electron chi connectivity index (χ0n) is 12.8. The van der Waals surface area contributed by atoms with Gasteiger partial charge < -0.3 is 10.1 Å². The first-order valence-corrected chi connectivity index (χ1v) is 7.91. The Morgan fingerprint density at radius 2 is 2.00 bits per heavy atom. The molecule has 4 nitrogen and oxygen atoms in total. The summed E-state index contributed by atoms with van der Waals surface area (Å²) in [5, 5.41) is 7.87. The van der Waals surface area contributed by atoms with E-state index in [4.69, 9.17) is 4.74 Å². The molecule has 0 saturated carbocycles. The van der Waals surface area contributed by atoms with E-state index in [-0.39, 0.29) is 11.5 Å². The molecular formula is C14H27N3OS. The second-order valence-electron chi connectivity index (χ2n) is 5.82. The van der Waals surface area contributed by atoms with Crippen LogP contribution in [-0.4, -0.2) is 29.3 Å². The molecule has 5 heteroatoms. The second kappa shape index (κ2) is 7.92. The first kappa shape index (κ1) is 16.5. The average molecular weight is 285 g/mol. The van der Waals surface area contributed by atoms with Gasteiger partial charge in [0, 0.05) is 12.0 Å². The van der Waals surface area contributed by atoms with Crippen molar-refractivity contribution in [2.24, 2.45) is 0 Å². The molecule has 1 rings (SSSR count). The Kier molecular flexibility index (Phi) is 6.89. The standard InChI is InChI=1S/C14H27N3OS/c1-6-8-15-11(10-18-9-7-2)12-13(14(3,4)5)16-17-19-12/h11,15H,6-10H2,1-5H3. The molecule has 1 aromatic heterocycles. The predicted molar refractivity (Wildman–Crippen MR) is 80.8 cm³/mol. The van der Waals surface area contributed by atoms with Gasteiger partial charge in [-0.3, -0.25) is 0 Å². The fourth-order valence-electron chi connectivity index (χ4n) is 1.84. The van der Waals surface area contributed by atoms with Gasteiger partial charge >= 0.3 is 0 Å². The third-order valence-corrected chi connectivity index (χ3v) is 3.65. The summed E-state index contributed by atoms with van der Waals surface area (Å²) in [6.07, 6.45) is 2.16. The molecule has 0 bridgehead atoms. The van der Waals surface area contributed by atoms with Crippen molar-refractivity contribution < 1.29 is 4.74 Å². The molecule has 0 aromatic carbocycles. The Morgan fingerprint density at radius 3 is 2.58 bits per heavy atom. The van der Waals surface area contributed by atoms with Gasteiger partial charge in [-0.15, -0.1) is 5.10 Å². The van der Waals surface area contributed by atoms with E-state index in [9.17, 15) is 0 Å². The molecule has 19 heavy (non-hydrogen) atoms. The molecule has 1 unspecified atom stereocenters. The van der Waals surface area contributed by atoms with Crippen LogP contribution in [0.25, 0.3) is 0 Å². The van der Waals surface area contributed by atoms with Crippen LogP contribution in [0.1, 0.15) is 64.1 Å². The molecule has 0 fully saturated rings. The summed E-state index contributed by atoms with van der Waals surface area (Å²) in [5.74, 6) is 0. The van der Waals surface area contributed by atoms with Gasteiger partial charge in [-0.25, -0.2) is 0 Å². The molecule has 110 valence electrons. The normalized spacial score (nSPS) is 13.7. The second-order valence-corrected chi connectivity index (χ2v) is 6.60. The first-order valence-electron chi connectivity index (χ1n) is 7.14. The fraction of sp³-hybridized carbons (Fsp3) is 0.857. The van der Waals surface area contributed by atoms with Gasteiger partial charge in [-0.05, 0) is 30.9 Å². The zero-order valence-corrected chi connectivity index (χ0v) is 13.6. The van der Waals surface area contributed by atoms with E-state index < -0.39 is 0 Å². The van der Waals surface area contributed by atoms with Crippen molar-refractivity contribution in [1.82, 2.24) is 14.9 Å². The minimum absolute atomic E-state index is 0.0270. The maximum atomic E-state index is 5.72. The van der Waals surface area contributed by atoms with Crippen molar-refractivity contribution in [3.05, 3.63) is 10.6 Å². The number of rotatable bonds is 8. The molecule has 0 spiro atoms. The Morgan fingerprint density at radius 1 is 1.26 bits per heavy atom. The van der Waals surface area contributed by atoms with E-state index in [1.54, 1.807) is 0 Å². The van der Waals surface area contributed by atoms with E-state index in [1.165, 1.54) is 16.4 Å².